The molecule has 106 valence electrons. The molecule has 1 aliphatic heterocycles. The Morgan fingerprint density at radius 1 is 1.20 bits per heavy atom. The number of rotatable bonds is 1. The van der Waals surface area contributed by atoms with Crippen LogP contribution in [0.25, 0.3) is 0 Å². The summed E-state index contributed by atoms with van der Waals surface area (Å²) in [6, 6.07) is 0. The fraction of sp³-hybridized carbons (Fsp3) is 0.368. The van der Waals surface area contributed by atoms with E-state index in [0.29, 0.717) is 0 Å². The minimum absolute atomic E-state index is 0.0839. The van der Waals surface area contributed by atoms with Gasteiger partial charge in [-0.1, -0.05) is 49.8 Å². The zero-order valence-corrected chi connectivity index (χ0v) is 13.2. The van der Waals surface area contributed by atoms with E-state index in [1.807, 2.05) is 13.0 Å². The molecule has 0 unspecified atom stereocenters. The van der Waals surface area contributed by atoms with Crippen molar-refractivity contribution in [2.75, 3.05) is 0 Å². The maximum atomic E-state index is 6.06. The van der Waals surface area contributed by atoms with Gasteiger partial charge in [-0.3, -0.25) is 0 Å². The molecule has 0 N–H and O–H groups in total. The summed E-state index contributed by atoms with van der Waals surface area (Å²) in [7, 11) is 0. The van der Waals surface area contributed by atoms with Gasteiger partial charge in [-0.25, -0.2) is 0 Å². The van der Waals surface area contributed by atoms with Gasteiger partial charge in [0.25, 0.3) is 0 Å². The average Bonchev–Trinajstić information content (AvgIpc) is 2.54. The highest BCUT2D eigenvalue weighted by Gasteiger charge is 2.22. The molecule has 0 aromatic rings. The van der Waals surface area contributed by atoms with Gasteiger partial charge in [0, 0.05) is 11.8 Å². The molecular weight excluding hydrogens is 244 g/mol. The fourth-order valence-electron chi connectivity index (χ4n) is 2.23. The molecule has 0 bridgehead atoms. The maximum Gasteiger partial charge on any atom is 0.130 e. The van der Waals surface area contributed by atoms with Gasteiger partial charge in [0.15, 0.2) is 0 Å². The molecule has 0 radical (unpaired) electrons. The lowest BCUT2D eigenvalue weighted by Gasteiger charge is -2.22. The summed E-state index contributed by atoms with van der Waals surface area (Å²) in [5.41, 5.74) is 3.88. The van der Waals surface area contributed by atoms with Crippen LogP contribution < -0.4 is 0 Å². The average molecular weight is 268 g/mol. The quantitative estimate of drug-likeness (QED) is 0.600. The Labute approximate surface area is 122 Å². The predicted molar refractivity (Wildman–Crippen MR) is 86.1 cm³/mol. The largest absolute Gasteiger partial charge is 0.457 e. The van der Waals surface area contributed by atoms with Crippen LogP contribution in [0, 0.1) is 5.41 Å². The van der Waals surface area contributed by atoms with Crippen molar-refractivity contribution in [2.45, 2.75) is 41.0 Å². The topological polar surface area (TPSA) is 9.23 Å². The lowest BCUT2D eigenvalue weighted by Crippen LogP contribution is -2.06. The first-order chi connectivity index (χ1) is 9.41. The normalized spacial score (nSPS) is 24.4. The minimum Gasteiger partial charge on any atom is -0.457 e. The van der Waals surface area contributed by atoms with Crippen molar-refractivity contribution in [3.63, 3.8) is 0 Å². The maximum absolute atomic E-state index is 6.06. The van der Waals surface area contributed by atoms with Crippen molar-refractivity contribution in [3.8, 4) is 0 Å². The van der Waals surface area contributed by atoms with Gasteiger partial charge in [0.05, 0.1) is 0 Å². The van der Waals surface area contributed by atoms with Crippen molar-refractivity contribution in [2.24, 2.45) is 5.41 Å². The molecule has 0 aromatic carbocycles. The second-order valence-electron chi connectivity index (χ2n) is 6.25. The summed E-state index contributed by atoms with van der Waals surface area (Å²) >= 11 is 0. The third kappa shape index (κ3) is 3.41. The lowest BCUT2D eigenvalue weighted by molar-refractivity contribution is 0.311. The van der Waals surface area contributed by atoms with Crippen molar-refractivity contribution >= 4 is 0 Å². The molecule has 0 saturated heterocycles. The monoisotopic (exact) mass is 268 g/mol. The van der Waals surface area contributed by atoms with Crippen molar-refractivity contribution < 1.29 is 4.74 Å². The molecule has 20 heavy (non-hydrogen) atoms. The second-order valence-corrected chi connectivity index (χ2v) is 6.25. The first-order valence-electron chi connectivity index (χ1n) is 7.21. The summed E-state index contributed by atoms with van der Waals surface area (Å²) in [6.07, 6.45) is 16.0. The van der Waals surface area contributed by atoms with Gasteiger partial charge in [0.2, 0.25) is 0 Å². The zero-order chi connectivity index (χ0) is 14.8. The van der Waals surface area contributed by atoms with Crippen LogP contribution in [-0.2, 0) is 4.74 Å². The first-order valence-corrected chi connectivity index (χ1v) is 7.21. The van der Waals surface area contributed by atoms with Crippen LogP contribution in [0.1, 0.15) is 41.0 Å². The molecule has 1 aliphatic carbocycles. The third-order valence-corrected chi connectivity index (χ3v) is 3.49. The van der Waals surface area contributed by atoms with Gasteiger partial charge in [0.1, 0.15) is 11.5 Å². The Hall–Kier alpha value is -1.76. The van der Waals surface area contributed by atoms with Crippen molar-refractivity contribution in [1.82, 2.24) is 0 Å². The molecule has 0 spiro atoms. The van der Waals surface area contributed by atoms with Crippen LogP contribution in [0.5, 0.6) is 0 Å². The standard InChI is InChI=1S/C19H24O/c1-6-17-15(8-7-14(2)3)13-16-9-11-19(4,5)12-10-18(16)20-17/h6-12H,13H2,1-5H3/b15-8-,17-6+. The van der Waals surface area contributed by atoms with E-state index in [2.05, 4.69) is 64.2 Å². The molecule has 0 amide bonds. The van der Waals surface area contributed by atoms with Crippen molar-refractivity contribution in [3.05, 3.63) is 70.8 Å². The van der Waals surface area contributed by atoms with E-state index >= 15 is 0 Å². The summed E-state index contributed by atoms with van der Waals surface area (Å²) in [5.74, 6) is 1.95. The predicted octanol–water partition coefficient (Wildman–Crippen LogP) is 5.61. The molecule has 1 heterocycles. The van der Waals surface area contributed by atoms with E-state index in [9.17, 15) is 0 Å². The van der Waals surface area contributed by atoms with Gasteiger partial charge < -0.3 is 4.74 Å². The van der Waals surface area contributed by atoms with Crippen LogP contribution in [0.15, 0.2) is 70.8 Å². The molecule has 2 aliphatic rings. The van der Waals surface area contributed by atoms with Crippen LogP contribution in [-0.4, -0.2) is 0 Å². The molecule has 0 fully saturated rings. The summed E-state index contributed by atoms with van der Waals surface area (Å²) in [6.45, 7) is 10.6. The number of ether oxygens (including phenoxy) is 1. The fourth-order valence-corrected chi connectivity index (χ4v) is 2.23. The summed E-state index contributed by atoms with van der Waals surface area (Å²) in [4.78, 5) is 0. The lowest BCUT2D eigenvalue weighted by atomic mass is 9.92. The molecule has 0 saturated carbocycles. The van der Waals surface area contributed by atoms with Crippen molar-refractivity contribution in [1.29, 1.82) is 0 Å². The minimum atomic E-state index is 0.0839. The van der Waals surface area contributed by atoms with E-state index in [-0.39, 0.29) is 5.41 Å². The Kier molecular flexibility index (Phi) is 4.17. The molecule has 1 nitrogen and oxygen atoms in total. The Bertz CT molecular complexity index is 571. The van der Waals surface area contributed by atoms with E-state index in [0.717, 1.165) is 17.9 Å². The van der Waals surface area contributed by atoms with Gasteiger partial charge in [-0.15, -0.1) is 0 Å². The third-order valence-electron chi connectivity index (χ3n) is 3.49. The summed E-state index contributed by atoms with van der Waals surface area (Å²) in [5, 5.41) is 0. The van der Waals surface area contributed by atoms with Gasteiger partial charge in [-0.2, -0.15) is 0 Å². The van der Waals surface area contributed by atoms with Crippen LogP contribution in [0.3, 0.4) is 0 Å². The smallest absolute Gasteiger partial charge is 0.130 e. The highest BCUT2D eigenvalue weighted by Crippen LogP contribution is 2.36. The molecule has 2 rings (SSSR count). The van der Waals surface area contributed by atoms with Gasteiger partial charge >= 0.3 is 0 Å². The number of hydrogen-bond acceptors (Lipinski definition) is 1. The number of allylic oxidation sites excluding steroid dienone is 10. The Morgan fingerprint density at radius 3 is 2.55 bits per heavy atom. The molecule has 0 aromatic heterocycles. The van der Waals surface area contributed by atoms with Crippen LogP contribution >= 0.6 is 0 Å². The van der Waals surface area contributed by atoms with E-state index in [1.165, 1.54) is 16.7 Å². The SMILES string of the molecule is C/C=C1/OC2=C(C=CC(C)(C)C=C2)C/C1=C/C=C(C)C. The summed E-state index contributed by atoms with van der Waals surface area (Å²) < 4.78 is 6.06. The zero-order valence-electron chi connectivity index (χ0n) is 13.2. The highest BCUT2D eigenvalue weighted by molar-refractivity contribution is 5.47. The highest BCUT2D eigenvalue weighted by atomic mass is 16.5. The van der Waals surface area contributed by atoms with E-state index in [4.69, 9.17) is 4.74 Å². The molecule has 1 heteroatoms. The Morgan fingerprint density at radius 2 is 1.90 bits per heavy atom. The van der Waals surface area contributed by atoms with E-state index in [1.54, 1.807) is 0 Å². The van der Waals surface area contributed by atoms with Crippen LogP contribution in [0.4, 0.5) is 0 Å². The van der Waals surface area contributed by atoms with Crippen LogP contribution in [0.2, 0.25) is 0 Å². The first kappa shape index (κ1) is 14.6. The van der Waals surface area contributed by atoms with Gasteiger partial charge in [-0.05, 0) is 44.1 Å². The second kappa shape index (κ2) is 5.70. The molecule has 0 atom stereocenters. The Balaban J connectivity index is 2.38. The molecular formula is C19H24O. The number of hydrogen-bond donors (Lipinski definition) is 0. The van der Waals surface area contributed by atoms with E-state index < -0.39 is 0 Å².